The van der Waals surface area contributed by atoms with Crippen LogP contribution < -0.4 is 11.1 Å². The lowest BCUT2D eigenvalue weighted by Gasteiger charge is -2.14. The lowest BCUT2D eigenvalue weighted by molar-refractivity contribution is 0.556. The first-order chi connectivity index (χ1) is 7.69. The average Bonchev–Trinajstić information content (AvgIpc) is 2.59. The van der Waals surface area contributed by atoms with Gasteiger partial charge in [-0.15, -0.1) is 11.3 Å². The second-order valence-electron chi connectivity index (χ2n) is 3.65. The molecule has 1 unspecified atom stereocenters. The van der Waals surface area contributed by atoms with E-state index in [0.29, 0.717) is 6.54 Å². The van der Waals surface area contributed by atoms with Crippen molar-refractivity contribution in [2.45, 2.75) is 26.3 Å². The minimum absolute atomic E-state index is 0.278. The molecular weight excluding hydrogens is 284 g/mol. The van der Waals surface area contributed by atoms with Crippen LogP contribution in [0.25, 0.3) is 0 Å². The molecule has 2 nitrogen and oxygen atoms in total. The van der Waals surface area contributed by atoms with Gasteiger partial charge in [-0.1, -0.05) is 12.2 Å². The summed E-state index contributed by atoms with van der Waals surface area (Å²) in [6.45, 7) is 5.77. The first-order valence-electron chi connectivity index (χ1n) is 5.49. The summed E-state index contributed by atoms with van der Waals surface area (Å²) in [6.07, 6.45) is 5.29. The van der Waals surface area contributed by atoms with Gasteiger partial charge in [0.25, 0.3) is 0 Å². The Kier molecular flexibility index (Phi) is 6.28. The summed E-state index contributed by atoms with van der Waals surface area (Å²) in [4.78, 5) is 2.62. The fraction of sp³-hybridized carbons (Fsp3) is 0.500. The summed E-state index contributed by atoms with van der Waals surface area (Å²) >= 11 is 5.34. The quantitative estimate of drug-likeness (QED) is 0.624. The summed E-state index contributed by atoms with van der Waals surface area (Å²) in [5.41, 5.74) is 5.79. The van der Waals surface area contributed by atoms with Crippen LogP contribution in [0, 0.1) is 6.92 Å². The number of allylic oxidation sites excluding steroid dienone is 1. The van der Waals surface area contributed by atoms with Crippen molar-refractivity contribution in [1.29, 1.82) is 0 Å². The largest absolute Gasteiger partial charge is 0.329 e. The minimum atomic E-state index is 0.278. The lowest BCUT2D eigenvalue weighted by atomic mass is 10.2. The highest BCUT2D eigenvalue weighted by Gasteiger charge is 2.12. The highest BCUT2D eigenvalue weighted by molar-refractivity contribution is 9.10. The normalized spacial score (nSPS) is 13.5. The summed E-state index contributed by atoms with van der Waals surface area (Å²) in [7, 11) is 0. The molecule has 0 aromatic carbocycles. The number of rotatable bonds is 6. The van der Waals surface area contributed by atoms with Gasteiger partial charge in [-0.05, 0) is 48.8 Å². The number of nitrogens with two attached hydrogens (primary N) is 1. The van der Waals surface area contributed by atoms with Crippen LogP contribution in [0.1, 0.15) is 29.1 Å². The Labute approximate surface area is 110 Å². The molecule has 90 valence electrons. The van der Waals surface area contributed by atoms with Gasteiger partial charge in [0.05, 0.1) is 6.04 Å². The molecule has 4 heteroatoms. The Morgan fingerprint density at radius 1 is 1.62 bits per heavy atom. The zero-order valence-electron chi connectivity index (χ0n) is 9.79. The molecule has 0 aliphatic carbocycles. The lowest BCUT2D eigenvalue weighted by Crippen LogP contribution is -2.28. The molecule has 0 fully saturated rings. The van der Waals surface area contributed by atoms with Crippen molar-refractivity contribution in [3.63, 3.8) is 0 Å². The van der Waals surface area contributed by atoms with Crippen molar-refractivity contribution in [1.82, 2.24) is 5.32 Å². The average molecular weight is 303 g/mol. The molecule has 3 N–H and O–H groups in total. The van der Waals surface area contributed by atoms with Crippen LogP contribution in [0.2, 0.25) is 0 Å². The molecule has 1 rings (SSSR count). The van der Waals surface area contributed by atoms with Crippen molar-refractivity contribution in [3.8, 4) is 0 Å². The van der Waals surface area contributed by atoms with Crippen molar-refractivity contribution in [2.75, 3.05) is 13.1 Å². The Hall–Kier alpha value is -0.160. The molecule has 1 aromatic rings. The van der Waals surface area contributed by atoms with Crippen LogP contribution >= 0.6 is 27.3 Å². The molecule has 1 heterocycles. The molecule has 1 atom stereocenters. The molecule has 16 heavy (non-hydrogen) atoms. The van der Waals surface area contributed by atoms with Gasteiger partial charge in [-0.2, -0.15) is 0 Å². The smallest absolute Gasteiger partial charge is 0.0539 e. The van der Waals surface area contributed by atoms with Gasteiger partial charge >= 0.3 is 0 Å². The number of hydrogen-bond donors (Lipinski definition) is 2. The van der Waals surface area contributed by atoms with E-state index in [1.807, 2.05) is 6.92 Å². The van der Waals surface area contributed by atoms with Crippen LogP contribution in [0.15, 0.2) is 22.7 Å². The summed E-state index contributed by atoms with van der Waals surface area (Å²) in [6, 6.07) is 2.44. The first kappa shape index (κ1) is 13.9. The van der Waals surface area contributed by atoms with Crippen molar-refractivity contribution < 1.29 is 0 Å². The molecule has 0 saturated heterocycles. The zero-order chi connectivity index (χ0) is 12.0. The standard InChI is InChI=1S/C12H19BrN2S/c1-3-4-5-6-15-11(8-14)12-7-10(13)9(2)16-12/h3-4,7,11,15H,5-6,8,14H2,1-2H3/b4-3+. The van der Waals surface area contributed by atoms with E-state index in [4.69, 9.17) is 5.73 Å². The van der Waals surface area contributed by atoms with Gasteiger partial charge in [0, 0.05) is 20.8 Å². The van der Waals surface area contributed by atoms with E-state index < -0.39 is 0 Å². The van der Waals surface area contributed by atoms with Crippen LogP contribution in [0.3, 0.4) is 0 Å². The van der Waals surface area contributed by atoms with Gasteiger partial charge in [0.1, 0.15) is 0 Å². The van der Waals surface area contributed by atoms with E-state index in [2.05, 4.69) is 46.4 Å². The molecule has 1 aromatic heterocycles. The fourth-order valence-corrected chi connectivity index (χ4v) is 3.11. The maximum Gasteiger partial charge on any atom is 0.0539 e. The Morgan fingerprint density at radius 2 is 2.38 bits per heavy atom. The zero-order valence-corrected chi connectivity index (χ0v) is 12.2. The fourth-order valence-electron chi connectivity index (χ4n) is 1.46. The Balaban J connectivity index is 2.53. The third-order valence-electron chi connectivity index (χ3n) is 2.39. The van der Waals surface area contributed by atoms with Crippen molar-refractivity contribution >= 4 is 27.3 Å². The van der Waals surface area contributed by atoms with Crippen LogP contribution in [-0.4, -0.2) is 13.1 Å². The molecule has 0 amide bonds. The predicted molar refractivity (Wildman–Crippen MR) is 76.0 cm³/mol. The van der Waals surface area contributed by atoms with E-state index in [9.17, 15) is 0 Å². The predicted octanol–water partition coefficient (Wildman–Crippen LogP) is 3.37. The van der Waals surface area contributed by atoms with Gasteiger partial charge in [0.15, 0.2) is 0 Å². The minimum Gasteiger partial charge on any atom is -0.329 e. The molecule has 0 radical (unpaired) electrons. The summed E-state index contributed by atoms with van der Waals surface area (Å²) in [5, 5.41) is 3.47. The number of nitrogens with one attached hydrogen (secondary N) is 1. The molecule has 0 aliphatic rings. The maximum absolute atomic E-state index is 5.79. The first-order valence-corrected chi connectivity index (χ1v) is 7.10. The Bertz CT molecular complexity index is 327. The third-order valence-corrected chi connectivity index (χ3v) is 4.64. The second kappa shape index (κ2) is 7.22. The number of aryl methyl sites for hydroxylation is 1. The highest BCUT2D eigenvalue weighted by atomic mass is 79.9. The molecule has 0 aliphatic heterocycles. The maximum atomic E-state index is 5.79. The topological polar surface area (TPSA) is 38.0 Å². The molecule has 0 spiro atoms. The van der Waals surface area contributed by atoms with Crippen LogP contribution in [0.4, 0.5) is 0 Å². The van der Waals surface area contributed by atoms with E-state index >= 15 is 0 Å². The van der Waals surface area contributed by atoms with E-state index in [1.165, 1.54) is 14.2 Å². The highest BCUT2D eigenvalue weighted by Crippen LogP contribution is 2.30. The van der Waals surface area contributed by atoms with Crippen molar-refractivity contribution in [3.05, 3.63) is 32.4 Å². The second-order valence-corrected chi connectivity index (χ2v) is 5.80. The SMILES string of the molecule is C/C=C/CCNC(CN)c1cc(Br)c(C)s1. The van der Waals surface area contributed by atoms with Gasteiger partial charge in [0.2, 0.25) is 0 Å². The van der Waals surface area contributed by atoms with E-state index in [1.54, 1.807) is 11.3 Å². The van der Waals surface area contributed by atoms with Gasteiger partial charge in [-0.3, -0.25) is 0 Å². The van der Waals surface area contributed by atoms with Crippen molar-refractivity contribution in [2.24, 2.45) is 5.73 Å². The third kappa shape index (κ3) is 4.01. The molecule has 0 bridgehead atoms. The van der Waals surface area contributed by atoms with Gasteiger partial charge < -0.3 is 11.1 Å². The monoisotopic (exact) mass is 302 g/mol. The van der Waals surface area contributed by atoms with Crippen LogP contribution in [0.5, 0.6) is 0 Å². The summed E-state index contributed by atoms with van der Waals surface area (Å²) in [5.74, 6) is 0. The number of halogens is 1. The van der Waals surface area contributed by atoms with Crippen LogP contribution in [-0.2, 0) is 0 Å². The van der Waals surface area contributed by atoms with Gasteiger partial charge in [-0.25, -0.2) is 0 Å². The summed E-state index contributed by atoms with van der Waals surface area (Å²) < 4.78 is 1.18. The Morgan fingerprint density at radius 3 is 2.88 bits per heavy atom. The van der Waals surface area contributed by atoms with E-state index in [-0.39, 0.29) is 6.04 Å². The molecular formula is C12H19BrN2S. The van der Waals surface area contributed by atoms with E-state index in [0.717, 1.165) is 13.0 Å². The number of thiophene rings is 1. The number of hydrogen-bond acceptors (Lipinski definition) is 3. The molecule has 0 saturated carbocycles.